The van der Waals surface area contributed by atoms with Crippen LogP contribution in [0.25, 0.3) is 0 Å². The van der Waals surface area contributed by atoms with E-state index < -0.39 is 48.1 Å². The van der Waals surface area contributed by atoms with Crippen LogP contribution in [0, 0.1) is 35.5 Å². The molecular weight excluding hydrogens is 713 g/mol. The zero-order chi connectivity index (χ0) is 41.2. The highest BCUT2D eigenvalue weighted by Gasteiger charge is 2.33. The number of hydrogen-bond donors (Lipinski definition) is 6. The molecule has 0 aromatic heterocycles. The second kappa shape index (κ2) is 19.9. The molecule has 3 saturated heterocycles. The number of carboxylic acid groups (broad SMARTS) is 3. The van der Waals surface area contributed by atoms with Crippen LogP contribution >= 0.6 is 0 Å². The highest BCUT2D eigenvalue weighted by Crippen LogP contribution is 2.27. The highest BCUT2D eigenvalue weighted by molar-refractivity contribution is 5.79. The van der Waals surface area contributed by atoms with Crippen LogP contribution < -0.4 is 20.7 Å². The molecule has 12 heteroatoms. The van der Waals surface area contributed by atoms with Crippen LogP contribution in [0.1, 0.15) is 49.8 Å². The first kappa shape index (κ1) is 38.1. The fourth-order valence-corrected chi connectivity index (χ4v) is 8.51. The van der Waals surface area contributed by atoms with E-state index in [0.717, 1.165) is 54.9 Å². The van der Waals surface area contributed by atoms with E-state index in [4.69, 9.17) is 4.74 Å². The van der Waals surface area contributed by atoms with Crippen LogP contribution in [-0.4, -0.2) is 96.5 Å². The molecule has 0 saturated carbocycles. The van der Waals surface area contributed by atoms with E-state index in [1.54, 1.807) is 54.6 Å². The number of carbonyl (C=O) groups excluding carboxylic acids is 1. The fourth-order valence-electron chi connectivity index (χ4n) is 8.51. The molecule has 3 aromatic carbocycles. The van der Waals surface area contributed by atoms with Crippen LogP contribution in [-0.2, 0) is 51.4 Å². The standard InChI is InChI=1S/C44H56N4O8/c49-41(24-31-6-1-4-29(18-31)21-38(42(50)51)34-10-13-45-25-34)48(28-33-8-2-5-30(19-33)22-39(43(52)53)35-11-14-46-26-35)16-17-56-37-9-3-7-32(20-37)23-40(44(54)55)36-12-15-47-27-36/h1-9,18-20,34-36,38-40,45-47H,10-17,21-28H2,(H,50,51)(H,52,53)(H,54,55)/t34-,35-,36-,38-,39-,40-/m0/s1/i28D2. The van der Waals surface area contributed by atoms with Gasteiger partial charge < -0.3 is 40.9 Å². The van der Waals surface area contributed by atoms with Gasteiger partial charge in [0.2, 0.25) is 5.91 Å². The van der Waals surface area contributed by atoms with Gasteiger partial charge in [-0.05, 0) is 135 Å². The summed E-state index contributed by atoms with van der Waals surface area (Å²) in [4.78, 5) is 52.1. The van der Waals surface area contributed by atoms with E-state index in [2.05, 4.69) is 16.0 Å². The van der Waals surface area contributed by atoms with E-state index in [9.17, 15) is 37.2 Å². The van der Waals surface area contributed by atoms with Crippen molar-refractivity contribution in [1.29, 1.82) is 0 Å². The van der Waals surface area contributed by atoms with Crippen molar-refractivity contribution in [3.05, 3.63) is 101 Å². The molecule has 0 unspecified atom stereocenters. The first-order valence-corrected chi connectivity index (χ1v) is 19.9. The molecule has 3 aliphatic heterocycles. The van der Waals surface area contributed by atoms with Crippen molar-refractivity contribution in [3.8, 4) is 5.75 Å². The molecule has 12 nitrogen and oxygen atoms in total. The Morgan fingerprint density at radius 3 is 1.54 bits per heavy atom. The predicted octanol–water partition coefficient (Wildman–Crippen LogP) is 3.90. The lowest BCUT2D eigenvalue weighted by atomic mass is 9.86. The van der Waals surface area contributed by atoms with E-state index in [1.165, 1.54) is 0 Å². The Balaban J connectivity index is 1.21. The minimum atomic E-state index is -2.32. The van der Waals surface area contributed by atoms with Gasteiger partial charge in [-0.25, -0.2) is 0 Å². The predicted molar refractivity (Wildman–Crippen MR) is 211 cm³/mol. The maximum Gasteiger partial charge on any atom is 0.307 e. The Labute approximate surface area is 331 Å². The van der Waals surface area contributed by atoms with Crippen molar-refractivity contribution in [2.75, 3.05) is 52.4 Å². The number of carboxylic acids is 3. The minimum Gasteiger partial charge on any atom is -0.492 e. The van der Waals surface area contributed by atoms with Gasteiger partial charge in [0, 0.05) is 6.50 Å². The number of rotatable bonds is 20. The van der Waals surface area contributed by atoms with Gasteiger partial charge >= 0.3 is 17.9 Å². The molecule has 1 amide bonds. The van der Waals surface area contributed by atoms with E-state index >= 15 is 0 Å². The third kappa shape index (κ3) is 11.4. The van der Waals surface area contributed by atoms with Crippen molar-refractivity contribution in [3.63, 3.8) is 0 Å². The van der Waals surface area contributed by atoms with Crippen LogP contribution in [0.5, 0.6) is 5.75 Å². The van der Waals surface area contributed by atoms with Crippen molar-refractivity contribution < 1.29 is 42.0 Å². The van der Waals surface area contributed by atoms with Gasteiger partial charge in [-0.15, -0.1) is 0 Å². The number of amides is 1. The largest absolute Gasteiger partial charge is 0.492 e. The van der Waals surface area contributed by atoms with Crippen molar-refractivity contribution in [2.45, 2.75) is 51.4 Å². The van der Waals surface area contributed by atoms with E-state index in [0.29, 0.717) is 49.4 Å². The maximum absolute atomic E-state index is 14.3. The van der Waals surface area contributed by atoms with Crippen molar-refractivity contribution >= 4 is 23.8 Å². The number of hydrogen-bond acceptors (Lipinski definition) is 8. The molecule has 300 valence electrons. The number of benzene rings is 3. The Hall–Kier alpha value is -4.78. The third-order valence-corrected chi connectivity index (χ3v) is 11.6. The summed E-state index contributed by atoms with van der Waals surface area (Å²) in [6.07, 6.45) is 3.05. The number of nitrogens with zero attached hydrogens (tertiary/aromatic N) is 1. The molecule has 3 heterocycles. The Morgan fingerprint density at radius 1 is 0.643 bits per heavy atom. The average Bonchev–Trinajstić information content (AvgIpc) is 4.02. The molecule has 0 bridgehead atoms. The van der Waals surface area contributed by atoms with Gasteiger partial charge in [0.25, 0.3) is 0 Å². The monoisotopic (exact) mass is 770 g/mol. The lowest BCUT2D eigenvalue weighted by Gasteiger charge is -2.24. The summed E-state index contributed by atoms with van der Waals surface area (Å²) in [5.74, 6) is -4.40. The number of aliphatic carboxylic acids is 3. The molecule has 6 atom stereocenters. The normalized spacial score (nSPS) is 21.8. The Kier molecular flexibility index (Phi) is 13.5. The first-order valence-electron chi connectivity index (χ1n) is 20.9. The van der Waals surface area contributed by atoms with Crippen LogP contribution in [0.15, 0.2) is 72.8 Å². The molecule has 6 N–H and O–H groups in total. The SMILES string of the molecule is [2H]C([2H])(c1cccc(C[C@H](C(=O)O)[C@H]2CCNC2)c1)N(CCOc1cccc(C[C@H](C(=O)O)[C@H]2CCNC2)c1)C(=O)Cc1cccc(C[C@H](C(=O)O)[C@H]2CCNC2)c1. The van der Waals surface area contributed by atoms with Crippen LogP contribution in [0.4, 0.5) is 0 Å². The van der Waals surface area contributed by atoms with Crippen molar-refractivity contribution in [1.82, 2.24) is 20.9 Å². The van der Waals surface area contributed by atoms with Gasteiger partial charge in [0.05, 0.1) is 33.5 Å². The summed E-state index contributed by atoms with van der Waals surface area (Å²) >= 11 is 0. The molecule has 56 heavy (non-hydrogen) atoms. The summed E-state index contributed by atoms with van der Waals surface area (Å²) in [5.41, 5.74) is 3.08. The highest BCUT2D eigenvalue weighted by atomic mass is 16.5. The second-order valence-corrected chi connectivity index (χ2v) is 15.6. The van der Waals surface area contributed by atoms with E-state index in [-0.39, 0.29) is 49.3 Å². The first-order chi connectivity index (χ1) is 27.9. The van der Waals surface area contributed by atoms with Gasteiger partial charge in [0.15, 0.2) is 0 Å². The Bertz CT molecular complexity index is 1890. The lowest BCUT2D eigenvalue weighted by molar-refractivity contribution is -0.144. The van der Waals surface area contributed by atoms with Crippen LogP contribution in [0.3, 0.4) is 0 Å². The summed E-state index contributed by atoms with van der Waals surface area (Å²) in [6, 6.07) is 21.2. The summed E-state index contributed by atoms with van der Waals surface area (Å²) < 4.78 is 24.9. The number of ether oxygens (including phenoxy) is 1. The number of nitrogens with one attached hydrogen (secondary N) is 3. The average molecular weight is 771 g/mol. The molecule has 3 aromatic rings. The fraction of sp³-hybridized carbons (Fsp3) is 0.500. The second-order valence-electron chi connectivity index (χ2n) is 15.6. The van der Waals surface area contributed by atoms with Gasteiger partial charge in [-0.1, -0.05) is 60.7 Å². The van der Waals surface area contributed by atoms with Crippen LogP contribution in [0.2, 0.25) is 0 Å². The topological polar surface area (TPSA) is 178 Å². The van der Waals surface area contributed by atoms with Gasteiger partial charge in [0.1, 0.15) is 12.4 Å². The summed E-state index contributed by atoms with van der Waals surface area (Å²) in [6.45, 7) is 1.72. The quantitative estimate of drug-likeness (QED) is 0.0983. The third-order valence-electron chi connectivity index (χ3n) is 11.6. The molecule has 3 aliphatic rings. The van der Waals surface area contributed by atoms with E-state index in [1.807, 2.05) is 18.2 Å². The number of carbonyl (C=O) groups is 4. The summed E-state index contributed by atoms with van der Waals surface area (Å²) in [5, 5.41) is 39.8. The van der Waals surface area contributed by atoms with Gasteiger partial charge in [-0.3, -0.25) is 19.2 Å². The smallest absolute Gasteiger partial charge is 0.307 e. The summed E-state index contributed by atoms with van der Waals surface area (Å²) in [7, 11) is 0. The molecule has 3 fully saturated rings. The zero-order valence-electron chi connectivity index (χ0n) is 33.8. The zero-order valence-corrected chi connectivity index (χ0v) is 31.8. The molecule has 0 aliphatic carbocycles. The lowest BCUT2D eigenvalue weighted by Crippen LogP contribution is -2.35. The molecular formula is C44H56N4O8. The van der Waals surface area contributed by atoms with Crippen molar-refractivity contribution in [2.24, 2.45) is 35.5 Å². The minimum absolute atomic E-state index is 0.00536. The Morgan fingerprint density at radius 2 is 1.07 bits per heavy atom. The van der Waals surface area contributed by atoms with Gasteiger partial charge in [-0.2, -0.15) is 0 Å². The maximum atomic E-state index is 14.3. The molecule has 0 radical (unpaired) electrons. The molecule has 0 spiro atoms. The molecule has 6 rings (SSSR count).